The number of hydrogen-bond acceptors (Lipinski definition) is 4. The van der Waals surface area contributed by atoms with Crippen LogP contribution in [0.2, 0.25) is 0 Å². The Bertz CT molecular complexity index is 573. The molecular weight excluding hydrogens is 527 g/mol. The maximum absolute atomic E-state index is 15.7. The predicted molar refractivity (Wildman–Crippen MR) is 181 cm³/mol. The molecule has 0 aliphatic rings. The molecule has 0 N–H and O–H groups in total. The summed E-state index contributed by atoms with van der Waals surface area (Å²) < 4.78 is 37.1. The van der Waals surface area contributed by atoms with E-state index in [1.54, 1.807) is 0 Å². The third-order valence-electron chi connectivity index (χ3n) is 9.76. The number of unbranched alkanes of at least 4 members (excludes halogenated alkanes) is 6. The van der Waals surface area contributed by atoms with Gasteiger partial charge in [0.05, 0.1) is 16.8 Å². The summed E-state index contributed by atoms with van der Waals surface area (Å²) in [6.07, 6.45) is 18.1. The molecule has 0 amide bonds. The molecule has 0 aromatic carbocycles. The fourth-order valence-corrected chi connectivity index (χ4v) is 8.91. The minimum atomic E-state index is -3.99. The molecule has 5 heteroatoms. The van der Waals surface area contributed by atoms with Gasteiger partial charge in [0.15, 0.2) is 0 Å². The van der Waals surface area contributed by atoms with Crippen molar-refractivity contribution in [1.29, 1.82) is 0 Å². The molecule has 0 fully saturated rings. The molecule has 0 aromatic heterocycles. The highest BCUT2D eigenvalue weighted by molar-refractivity contribution is 7.48. The van der Waals surface area contributed by atoms with Crippen LogP contribution in [0.3, 0.4) is 0 Å². The lowest BCUT2D eigenvalue weighted by Crippen LogP contribution is -2.45. The molecule has 0 saturated heterocycles. The van der Waals surface area contributed by atoms with E-state index in [1.165, 1.54) is 0 Å². The third kappa shape index (κ3) is 13.3. The van der Waals surface area contributed by atoms with Crippen LogP contribution >= 0.6 is 7.82 Å². The summed E-state index contributed by atoms with van der Waals surface area (Å²) in [5.41, 5.74) is -1.59. The van der Waals surface area contributed by atoms with E-state index in [0.717, 1.165) is 116 Å². The van der Waals surface area contributed by atoms with Crippen LogP contribution in [0.1, 0.15) is 199 Å². The van der Waals surface area contributed by atoms with E-state index < -0.39 is 24.6 Å². The predicted octanol–water partition coefficient (Wildman–Crippen LogP) is 13.5. The van der Waals surface area contributed by atoms with Crippen molar-refractivity contribution in [3.8, 4) is 0 Å². The van der Waals surface area contributed by atoms with Crippen LogP contribution in [-0.2, 0) is 18.1 Å². The summed E-state index contributed by atoms with van der Waals surface area (Å²) >= 11 is 0. The van der Waals surface area contributed by atoms with Crippen molar-refractivity contribution in [3.63, 3.8) is 0 Å². The molecule has 0 radical (unpaired) electrons. The van der Waals surface area contributed by atoms with Crippen LogP contribution in [-0.4, -0.2) is 16.8 Å². The van der Waals surface area contributed by atoms with Gasteiger partial charge in [0, 0.05) is 0 Å². The van der Waals surface area contributed by atoms with Crippen molar-refractivity contribution in [1.82, 2.24) is 0 Å². The lowest BCUT2D eigenvalue weighted by molar-refractivity contribution is -0.115. The van der Waals surface area contributed by atoms with E-state index >= 15 is 4.57 Å². The topological polar surface area (TPSA) is 44.8 Å². The first kappa shape index (κ1) is 41.1. The Hall–Kier alpha value is 0.110. The Balaban J connectivity index is 7.24. The zero-order chi connectivity index (χ0) is 31.6. The van der Waals surface area contributed by atoms with Crippen molar-refractivity contribution in [3.05, 3.63) is 0 Å². The molecule has 0 atom stereocenters. The molecule has 0 unspecified atom stereocenters. The number of phosphoric ester groups is 1. The normalized spacial score (nSPS) is 13.7. The summed E-state index contributed by atoms with van der Waals surface area (Å²) in [6, 6.07) is 0. The van der Waals surface area contributed by atoms with Gasteiger partial charge in [0.25, 0.3) is 0 Å². The van der Waals surface area contributed by atoms with Gasteiger partial charge < -0.3 is 0 Å². The van der Waals surface area contributed by atoms with Gasteiger partial charge in [-0.15, -0.1) is 0 Å². The van der Waals surface area contributed by atoms with Crippen molar-refractivity contribution >= 4 is 7.82 Å². The second kappa shape index (κ2) is 21.0. The standard InChI is InChI=1S/C36H75O4P/c1-13-19-25-34(31(7)8,26-20-14-2)38-41(37,39-35(32(9)10,27-21-15-3)28-22-16-4)40-36(33(11)12,29-23-17-5)30-24-18-6/h31-33H,13-30H2,1-12H3. The molecule has 0 heterocycles. The Morgan fingerprint density at radius 3 is 0.707 bits per heavy atom. The summed E-state index contributed by atoms with van der Waals surface area (Å²) in [5, 5.41) is 0. The lowest BCUT2D eigenvalue weighted by atomic mass is 9.81. The highest BCUT2D eigenvalue weighted by Crippen LogP contribution is 2.64. The minimum Gasteiger partial charge on any atom is -0.280 e. The molecule has 0 rings (SSSR count). The average Bonchev–Trinajstić information content (AvgIpc) is 2.92. The van der Waals surface area contributed by atoms with E-state index in [-0.39, 0.29) is 17.8 Å². The number of phosphoric acid groups is 1. The van der Waals surface area contributed by atoms with Gasteiger partial charge in [-0.25, -0.2) is 4.57 Å². The summed E-state index contributed by atoms with van der Waals surface area (Å²) in [5.74, 6) is 0.627. The quantitative estimate of drug-likeness (QED) is 0.0877. The third-order valence-corrected chi connectivity index (χ3v) is 11.5. The zero-order valence-electron chi connectivity index (χ0n) is 30.0. The molecule has 0 saturated carbocycles. The fourth-order valence-electron chi connectivity index (χ4n) is 6.28. The molecule has 248 valence electrons. The van der Waals surface area contributed by atoms with Crippen LogP contribution in [0, 0.1) is 17.8 Å². The monoisotopic (exact) mass is 603 g/mol. The SMILES string of the molecule is CCCCC(CCCC)(OP(=O)(OC(CCCC)(CCCC)C(C)C)OC(CCCC)(CCCC)C(C)C)C(C)C. The van der Waals surface area contributed by atoms with Crippen LogP contribution in [0.15, 0.2) is 0 Å². The molecule has 0 aromatic rings. The van der Waals surface area contributed by atoms with Gasteiger partial charge in [0.1, 0.15) is 0 Å². The van der Waals surface area contributed by atoms with Crippen molar-refractivity contribution in [2.75, 3.05) is 0 Å². The molecule has 0 aliphatic heterocycles. The zero-order valence-corrected chi connectivity index (χ0v) is 30.9. The van der Waals surface area contributed by atoms with Gasteiger partial charge in [-0.1, -0.05) is 160 Å². The second-order valence-electron chi connectivity index (χ2n) is 14.0. The highest BCUT2D eigenvalue weighted by atomic mass is 31.2. The molecule has 0 spiro atoms. The van der Waals surface area contributed by atoms with Crippen molar-refractivity contribution in [2.45, 2.75) is 215 Å². The maximum atomic E-state index is 15.7. The van der Waals surface area contributed by atoms with E-state index in [0.29, 0.717) is 0 Å². The molecular formula is C36H75O4P. The Morgan fingerprint density at radius 1 is 0.415 bits per heavy atom. The highest BCUT2D eigenvalue weighted by Gasteiger charge is 2.52. The second-order valence-corrected chi connectivity index (χ2v) is 15.4. The van der Waals surface area contributed by atoms with Crippen LogP contribution in [0.25, 0.3) is 0 Å². The van der Waals surface area contributed by atoms with E-state index in [2.05, 4.69) is 83.1 Å². The average molecular weight is 603 g/mol. The summed E-state index contributed by atoms with van der Waals surface area (Å²) in [7, 11) is -3.99. The van der Waals surface area contributed by atoms with Gasteiger partial charge in [0.2, 0.25) is 0 Å². The van der Waals surface area contributed by atoms with Crippen molar-refractivity contribution < 1.29 is 18.1 Å². The molecule has 0 aliphatic carbocycles. The molecule has 4 nitrogen and oxygen atoms in total. The number of rotatable bonds is 27. The van der Waals surface area contributed by atoms with E-state index in [9.17, 15) is 0 Å². The Labute approximate surface area is 258 Å². The first-order valence-electron chi connectivity index (χ1n) is 18.0. The summed E-state index contributed by atoms with van der Waals surface area (Å²) in [4.78, 5) is 0. The van der Waals surface area contributed by atoms with E-state index in [1.807, 2.05) is 0 Å². The summed E-state index contributed by atoms with van der Waals surface area (Å²) in [6.45, 7) is 26.8. The van der Waals surface area contributed by atoms with E-state index in [4.69, 9.17) is 13.6 Å². The smallest absolute Gasteiger partial charge is 0.280 e. The van der Waals surface area contributed by atoms with Gasteiger partial charge in [-0.3, -0.25) is 13.6 Å². The Kier molecular flexibility index (Phi) is 21.0. The van der Waals surface area contributed by atoms with Crippen LogP contribution in [0.4, 0.5) is 0 Å². The number of hydrogen-bond donors (Lipinski definition) is 0. The van der Waals surface area contributed by atoms with Gasteiger partial charge in [-0.05, 0) is 56.3 Å². The van der Waals surface area contributed by atoms with Gasteiger partial charge >= 0.3 is 7.82 Å². The lowest BCUT2D eigenvalue weighted by Gasteiger charge is -2.47. The van der Waals surface area contributed by atoms with Crippen LogP contribution in [0.5, 0.6) is 0 Å². The maximum Gasteiger partial charge on any atom is 0.476 e. The molecule has 0 bridgehead atoms. The van der Waals surface area contributed by atoms with Crippen LogP contribution < -0.4 is 0 Å². The fraction of sp³-hybridized carbons (Fsp3) is 1.00. The van der Waals surface area contributed by atoms with Crippen molar-refractivity contribution in [2.24, 2.45) is 17.8 Å². The minimum absolute atomic E-state index is 0.209. The Morgan fingerprint density at radius 2 is 0.585 bits per heavy atom. The van der Waals surface area contributed by atoms with Gasteiger partial charge in [-0.2, -0.15) is 0 Å². The molecule has 41 heavy (non-hydrogen) atoms. The largest absolute Gasteiger partial charge is 0.476 e. The first-order chi connectivity index (χ1) is 19.3. The first-order valence-corrected chi connectivity index (χ1v) is 19.5.